The van der Waals surface area contributed by atoms with Crippen LogP contribution in [0, 0.1) is 5.82 Å². The summed E-state index contributed by atoms with van der Waals surface area (Å²) in [7, 11) is 0. The lowest BCUT2D eigenvalue weighted by Crippen LogP contribution is -2.23. The Morgan fingerprint density at radius 3 is 2.77 bits per heavy atom. The highest BCUT2D eigenvalue weighted by atomic mass is 19.1. The lowest BCUT2D eigenvalue weighted by atomic mass is 10.1. The minimum atomic E-state index is -0.239. The lowest BCUT2D eigenvalue weighted by Gasteiger charge is -2.08. The quantitative estimate of drug-likeness (QED) is 0.773. The van der Waals surface area contributed by atoms with Crippen molar-refractivity contribution in [1.29, 1.82) is 0 Å². The lowest BCUT2D eigenvalue weighted by molar-refractivity contribution is 0.0958. The van der Waals surface area contributed by atoms with Gasteiger partial charge in [0, 0.05) is 24.8 Å². The van der Waals surface area contributed by atoms with E-state index in [-0.39, 0.29) is 11.7 Å². The highest BCUT2D eigenvalue weighted by Gasteiger charge is 2.05. The Morgan fingerprint density at radius 1 is 1.27 bits per heavy atom. The standard InChI is InChI=1S/C17H18FN3O/c1-2-9-21-17(22)14-8-11-20-16(12-14)19-10-7-13-3-5-15(18)6-4-13/h2-6,8,11-12H,1,7,9-10H2,(H,19,20)(H,21,22). The zero-order valence-corrected chi connectivity index (χ0v) is 12.2. The summed E-state index contributed by atoms with van der Waals surface area (Å²) in [6, 6.07) is 9.75. The summed E-state index contributed by atoms with van der Waals surface area (Å²) in [5.74, 6) is 0.230. The molecule has 2 aromatic rings. The average Bonchev–Trinajstić information content (AvgIpc) is 2.55. The predicted molar refractivity (Wildman–Crippen MR) is 85.4 cm³/mol. The van der Waals surface area contributed by atoms with Crippen molar-refractivity contribution in [2.45, 2.75) is 6.42 Å². The van der Waals surface area contributed by atoms with Gasteiger partial charge in [-0.05, 0) is 36.2 Å². The predicted octanol–water partition coefficient (Wildman–Crippen LogP) is 2.79. The van der Waals surface area contributed by atoms with Crippen LogP contribution in [-0.4, -0.2) is 24.0 Å². The fourth-order valence-electron chi connectivity index (χ4n) is 1.92. The van der Waals surface area contributed by atoms with Gasteiger partial charge in [-0.25, -0.2) is 9.37 Å². The maximum atomic E-state index is 12.8. The molecule has 0 fully saturated rings. The normalized spacial score (nSPS) is 10.0. The van der Waals surface area contributed by atoms with Crippen LogP contribution in [0.2, 0.25) is 0 Å². The number of anilines is 1. The summed E-state index contributed by atoms with van der Waals surface area (Å²) in [5.41, 5.74) is 1.58. The van der Waals surface area contributed by atoms with E-state index in [9.17, 15) is 9.18 Å². The number of carbonyl (C=O) groups excluding carboxylic acids is 1. The third-order valence-electron chi connectivity index (χ3n) is 3.06. The van der Waals surface area contributed by atoms with Gasteiger partial charge in [-0.15, -0.1) is 6.58 Å². The first-order valence-electron chi connectivity index (χ1n) is 7.02. The molecular weight excluding hydrogens is 281 g/mol. The summed E-state index contributed by atoms with van der Waals surface area (Å²) in [6.45, 7) is 4.63. The second-order valence-corrected chi connectivity index (χ2v) is 4.73. The number of hydrogen-bond acceptors (Lipinski definition) is 3. The molecule has 114 valence electrons. The summed E-state index contributed by atoms with van der Waals surface area (Å²) in [4.78, 5) is 16.0. The number of nitrogens with zero attached hydrogens (tertiary/aromatic N) is 1. The van der Waals surface area contributed by atoms with Crippen LogP contribution in [0.5, 0.6) is 0 Å². The SMILES string of the molecule is C=CCNC(=O)c1ccnc(NCCc2ccc(F)cc2)c1. The third kappa shape index (κ3) is 4.70. The second kappa shape index (κ2) is 7.93. The molecule has 2 N–H and O–H groups in total. The molecule has 0 radical (unpaired) electrons. The molecule has 4 nitrogen and oxygen atoms in total. The van der Waals surface area contributed by atoms with Gasteiger partial charge < -0.3 is 10.6 Å². The number of carbonyl (C=O) groups is 1. The van der Waals surface area contributed by atoms with Crippen LogP contribution < -0.4 is 10.6 Å². The van der Waals surface area contributed by atoms with E-state index in [2.05, 4.69) is 22.2 Å². The van der Waals surface area contributed by atoms with Crippen LogP contribution in [-0.2, 0) is 6.42 Å². The highest BCUT2D eigenvalue weighted by Crippen LogP contribution is 2.08. The summed E-state index contributed by atoms with van der Waals surface area (Å²) in [6.07, 6.45) is 3.96. The Kier molecular flexibility index (Phi) is 5.65. The number of amides is 1. The molecule has 1 amide bonds. The molecule has 5 heteroatoms. The van der Waals surface area contributed by atoms with Gasteiger partial charge in [-0.3, -0.25) is 4.79 Å². The van der Waals surface area contributed by atoms with E-state index in [4.69, 9.17) is 0 Å². The van der Waals surface area contributed by atoms with Gasteiger partial charge in [0.25, 0.3) is 5.91 Å². The molecule has 22 heavy (non-hydrogen) atoms. The van der Waals surface area contributed by atoms with Crippen molar-refractivity contribution < 1.29 is 9.18 Å². The molecule has 0 aliphatic rings. The molecule has 0 atom stereocenters. The van der Waals surface area contributed by atoms with Crippen molar-refractivity contribution in [3.8, 4) is 0 Å². The smallest absolute Gasteiger partial charge is 0.251 e. The molecule has 0 spiro atoms. The van der Waals surface area contributed by atoms with Gasteiger partial charge in [-0.1, -0.05) is 18.2 Å². The first kappa shape index (κ1) is 15.7. The largest absolute Gasteiger partial charge is 0.370 e. The molecule has 0 unspecified atom stereocenters. The Morgan fingerprint density at radius 2 is 2.05 bits per heavy atom. The molecule has 0 saturated heterocycles. The van der Waals surface area contributed by atoms with Crippen LogP contribution in [0.15, 0.2) is 55.3 Å². The first-order valence-corrected chi connectivity index (χ1v) is 7.02. The number of aromatic nitrogens is 1. The van der Waals surface area contributed by atoms with Gasteiger partial charge in [0.15, 0.2) is 0 Å². The van der Waals surface area contributed by atoms with E-state index < -0.39 is 0 Å². The summed E-state index contributed by atoms with van der Waals surface area (Å²) < 4.78 is 12.8. The average molecular weight is 299 g/mol. The minimum absolute atomic E-state index is 0.163. The summed E-state index contributed by atoms with van der Waals surface area (Å²) in [5, 5.41) is 5.87. The minimum Gasteiger partial charge on any atom is -0.370 e. The zero-order valence-electron chi connectivity index (χ0n) is 12.2. The van der Waals surface area contributed by atoms with Gasteiger partial charge in [-0.2, -0.15) is 0 Å². The van der Waals surface area contributed by atoms with E-state index in [1.54, 1.807) is 36.5 Å². The number of benzene rings is 1. The van der Waals surface area contributed by atoms with Crippen LogP contribution in [0.1, 0.15) is 15.9 Å². The number of rotatable bonds is 7. The monoisotopic (exact) mass is 299 g/mol. The van der Waals surface area contributed by atoms with Crippen molar-refractivity contribution in [3.05, 3.63) is 72.2 Å². The Bertz CT molecular complexity index is 641. The Labute approximate surface area is 129 Å². The van der Waals surface area contributed by atoms with Crippen LogP contribution in [0.4, 0.5) is 10.2 Å². The van der Waals surface area contributed by atoms with Crippen LogP contribution in [0.25, 0.3) is 0 Å². The van der Waals surface area contributed by atoms with E-state index >= 15 is 0 Å². The van der Waals surface area contributed by atoms with Crippen LogP contribution >= 0.6 is 0 Å². The molecule has 1 aromatic heterocycles. The van der Waals surface area contributed by atoms with E-state index in [1.165, 1.54) is 12.1 Å². The Balaban J connectivity index is 1.88. The number of halogens is 1. The molecular formula is C17H18FN3O. The van der Waals surface area contributed by atoms with Crippen molar-refractivity contribution in [3.63, 3.8) is 0 Å². The van der Waals surface area contributed by atoms with Crippen molar-refractivity contribution in [2.24, 2.45) is 0 Å². The van der Waals surface area contributed by atoms with Gasteiger partial charge in [0.1, 0.15) is 11.6 Å². The van der Waals surface area contributed by atoms with Crippen molar-refractivity contribution >= 4 is 11.7 Å². The van der Waals surface area contributed by atoms with Crippen LogP contribution in [0.3, 0.4) is 0 Å². The summed E-state index contributed by atoms with van der Waals surface area (Å²) >= 11 is 0. The van der Waals surface area contributed by atoms with E-state index in [0.717, 1.165) is 12.0 Å². The number of hydrogen-bond donors (Lipinski definition) is 2. The van der Waals surface area contributed by atoms with Gasteiger partial charge in [0.05, 0.1) is 0 Å². The third-order valence-corrected chi connectivity index (χ3v) is 3.06. The van der Waals surface area contributed by atoms with E-state index in [1.807, 2.05) is 0 Å². The molecule has 2 rings (SSSR count). The topological polar surface area (TPSA) is 54.0 Å². The molecule has 0 bridgehead atoms. The molecule has 0 saturated carbocycles. The van der Waals surface area contributed by atoms with Crippen molar-refractivity contribution in [2.75, 3.05) is 18.4 Å². The zero-order chi connectivity index (χ0) is 15.8. The molecule has 0 aliphatic heterocycles. The van der Waals surface area contributed by atoms with Gasteiger partial charge >= 0.3 is 0 Å². The molecule has 1 aromatic carbocycles. The fourth-order valence-corrected chi connectivity index (χ4v) is 1.92. The van der Waals surface area contributed by atoms with E-state index in [0.29, 0.717) is 24.5 Å². The molecule has 0 aliphatic carbocycles. The first-order chi connectivity index (χ1) is 10.7. The van der Waals surface area contributed by atoms with Gasteiger partial charge in [0.2, 0.25) is 0 Å². The maximum absolute atomic E-state index is 12.8. The fraction of sp³-hybridized carbons (Fsp3) is 0.176. The highest BCUT2D eigenvalue weighted by molar-refractivity contribution is 5.94. The number of pyridine rings is 1. The Hall–Kier alpha value is -2.69. The van der Waals surface area contributed by atoms with Crippen molar-refractivity contribution in [1.82, 2.24) is 10.3 Å². The maximum Gasteiger partial charge on any atom is 0.251 e. The second-order valence-electron chi connectivity index (χ2n) is 4.73. The molecule has 1 heterocycles. The number of nitrogens with one attached hydrogen (secondary N) is 2.